The van der Waals surface area contributed by atoms with E-state index in [1.54, 1.807) is 0 Å². The summed E-state index contributed by atoms with van der Waals surface area (Å²) in [4.78, 5) is 0. The summed E-state index contributed by atoms with van der Waals surface area (Å²) in [7, 11) is 0. The molecule has 0 aliphatic heterocycles. The smallest absolute Gasteiger partial charge is 0.0888 e. The van der Waals surface area contributed by atoms with E-state index in [9.17, 15) is 0 Å². The van der Waals surface area contributed by atoms with Crippen molar-refractivity contribution in [2.75, 3.05) is 0 Å². The Hall–Kier alpha value is 1.02. The van der Waals surface area contributed by atoms with Crippen molar-refractivity contribution >= 4 is 55.1 Å². The molecule has 0 heterocycles. The van der Waals surface area contributed by atoms with E-state index in [0.717, 1.165) is 4.48 Å². The van der Waals surface area contributed by atoms with E-state index in [-0.39, 0.29) is 9.70 Å². The van der Waals surface area contributed by atoms with Crippen molar-refractivity contribution in [2.45, 2.75) is 16.6 Å². The van der Waals surface area contributed by atoms with Gasteiger partial charge in [0.2, 0.25) is 0 Å². The average molecular weight is 321 g/mol. The maximum Gasteiger partial charge on any atom is 0.0888 e. The Morgan fingerprint density at radius 2 is 2.18 bits per heavy atom. The van der Waals surface area contributed by atoms with Crippen LogP contribution in [0.1, 0.15) is 6.92 Å². The van der Waals surface area contributed by atoms with Gasteiger partial charge in [0.25, 0.3) is 0 Å². The van der Waals surface area contributed by atoms with Gasteiger partial charge in [-0.25, -0.2) is 0 Å². The SMILES string of the molecule is CC1(Br)C=CC(Br)=C(Cl)C1Cl. The van der Waals surface area contributed by atoms with Crippen LogP contribution >= 0.6 is 55.1 Å². The zero-order valence-electron chi connectivity index (χ0n) is 5.74. The molecule has 0 bridgehead atoms. The summed E-state index contributed by atoms with van der Waals surface area (Å²) in [6.45, 7) is 1.98. The van der Waals surface area contributed by atoms with Gasteiger partial charge >= 0.3 is 0 Å². The molecule has 2 unspecified atom stereocenters. The first-order valence-electron chi connectivity index (χ1n) is 3.02. The molecule has 0 nitrogen and oxygen atoms in total. The van der Waals surface area contributed by atoms with Crippen LogP contribution in [0, 0.1) is 0 Å². The van der Waals surface area contributed by atoms with Crippen molar-refractivity contribution in [1.82, 2.24) is 0 Å². The normalized spacial score (nSPS) is 38.1. The molecule has 0 aromatic heterocycles. The van der Waals surface area contributed by atoms with E-state index in [4.69, 9.17) is 23.2 Å². The van der Waals surface area contributed by atoms with E-state index in [2.05, 4.69) is 31.9 Å². The van der Waals surface area contributed by atoms with Crippen LogP contribution in [-0.4, -0.2) is 9.70 Å². The highest BCUT2D eigenvalue weighted by Crippen LogP contribution is 2.40. The first-order chi connectivity index (χ1) is 4.95. The molecule has 0 fully saturated rings. The summed E-state index contributed by atoms with van der Waals surface area (Å²) in [6.07, 6.45) is 3.87. The quantitative estimate of drug-likeness (QED) is 0.588. The highest BCUT2D eigenvalue weighted by atomic mass is 79.9. The van der Waals surface area contributed by atoms with Gasteiger partial charge in [0, 0.05) is 4.48 Å². The van der Waals surface area contributed by atoms with E-state index < -0.39 is 0 Å². The molecule has 0 N–H and O–H groups in total. The highest BCUT2D eigenvalue weighted by molar-refractivity contribution is 9.12. The van der Waals surface area contributed by atoms with Crippen LogP contribution < -0.4 is 0 Å². The van der Waals surface area contributed by atoms with Gasteiger partial charge in [0.1, 0.15) is 0 Å². The van der Waals surface area contributed by atoms with Crippen LogP contribution in [0.3, 0.4) is 0 Å². The van der Waals surface area contributed by atoms with Gasteiger partial charge < -0.3 is 0 Å². The first kappa shape index (κ1) is 10.1. The number of hydrogen-bond donors (Lipinski definition) is 0. The lowest BCUT2D eigenvalue weighted by Crippen LogP contribution is -2.28. The molecule has 1 aliphatic carbocycles. The third-order valence-electron chi connectivity index (χ3n) is 1.50. The number of halogens is 4. The number of hydrogen-bond acceptors (Lipinski definition) is 0. The van der Waals surface area contributed by atoms with Crippen LogP contribution in [0.15, 0.2) is 21.7 Å². The molecule has 0 saturated heterocycles. The van der Waals surface area contributed by atoms with E-state index >= 15 is 0 Å². The number of allylic oxidation sites excluding steroid dienone is 4. The van der Waals surface area contributed by atoms with Gasteiger partial charge in [-0.05, 0) is 28.9 Å². The maximum absolute atomic E-state index is 6.04. The molecule has 62 valence electrons. The molecule has 0 amide bonds. The lowest BCUT2D eigenvalue weighted by atomic mass is 10.0. The Morgan fingerprint density at radius 1 is 1.64 bits per heavy atom. The van der Waals surface area contributed by atoms with Crippen molar-refractivity contribution < 1.29 is 0 Å². The second-order valence-corrected chi connectivity index (χ2v) is 5.95. The minimum Gasteiger partial charge on any atom is -0.115 e. The molecule has 11 heavy (non-hydrogen) atoms. The molecule has 1 aliphatic rings. The monoisotopic (exact) mass is 318 g/mol. The van der Waals surface area contributed by atoms with Crippen LogP contribution in [0.5, 0.6) is 0 Å². The van der Waals surface area contributed by atoms with Gasteiger partial charge in [-0.15, -0.1) is 11.6 Å². The van der Waals surface area contributed by atoms with Gasteiger partial charge in [-0.3, -0.25) is 0 Å². The third-order valence-corrected chi connectivity index (χ3v) is 4.61. The summed E-state index contributed by atoms with van der Waals surface area (Å²) < 4.78 is 0.624. The fraction of sp³-hybridized carbons (Fsp3) is 0.429. The van der Waals surface area contributed by atoms with Crippen LogP contribution in [0.4, 0.5) is 0 Å². The van der Waals surface area contributed by atoms with Crippen molar-refractivity contribution in [3.05, 3.63) is 21.7 Å². The zero-order valence-corrected chi connectivity index (χ0v) is 10.4. The van der Waals surface area contributed by atoms with Gasteiger partial charge in [0.15, 0.2) is 0 Å². The van der Waals surface area contributed by atoms with E-state index in [1.165, 1.54) is 0 Å². The zero-order chi connectivity index (χ0) is 8.65. The minimum atomic E-state index is -0.233. The molecule has 0 saturated carbocycles. The standard InChI is InChI=1S/C7H6Br2Cl2/c1-7(9)3-2-4(8)5(10)6(7)11/h2-3,6H,1H3. The second kappa shape index (κ2) is 3.41. The Kier molecular flexibility index (Phi) is 3.13. The Bertz CT molecular complexity index is 231. The molecular formula is C7H6Br2Cl2. The Morgan fingerprint density at radius 3 is 2.64 bits per heavy atom. The Labute approximate surface area is 92.9 Å². The fourth-order valence-electron chi connectivity index (χ4n) is 0.769. The summed E-state index contributed by atoms with van der Waals surface area (Å²) in [5, 5.41) is 0.442. The molecule has 0 radical (unpaired) electrons. The van der Waals surface area contributed by atoms with Gasteiger partial charge in [-0.2, -0.15) is 0 Å². The maximum atomic E-state index is 6.04. The van der Waals surface area contributed by atoms with Crippen molar-refractivity contribution in [1.29, 1.82) is 0 Å². The predicted molar refractivity (Wildman–Crippen MR) is 57.9 cm³/mol. The summed E-state index contributed by atoms with van der Waals surface area (Å²) >= 11 is 18.7. The molecule has 0 aromatic rings. The Balaban J connectivity index is 3.01. The molecule has 4 heteroatoms. The van der Waals surface area contributed by atoms with Crippen LogP contribution in [-0.2, 0) is 0 Å². The van der Waals surface area contributed by atoms with Gasteiger partial charge in [0.05, 0.1) is 14.7 Å². The molecule has 1 rings (SSSR count). The van der Waals surface area contributed by atoms with E-state index in [0.29, 0.717) is 5.03 Å². The molecular weight excluding hydrogens is 315 g/mol. The summed E-state index contributed by atoms with van der Waals surface area (Å²) in [5.74, 6) is 0. The highest BCUT2D eigenvalue weighted by Gasteiger charge is 2.33. The van der Waals surface area contributed by atoms with Crippen molar-refractivity contribution in [3.63, 3.8) is 0 Å². The van der Waals surface area contributed by atoms with E-state index in [1.807, 2.05) is 19.1 Å². The van der Waals surface area contributed by atoms with Gasteiger partial charge in [-0.1, -0.05) is 33.6 Å². The number of rotatable bonds is 0. The molecule has 0 spiro atoms. The largest absolute Gasteiger partial charge is 0.115 e. The lowest BCUT2D eigenvalue weighted by molar-refractivity contribution is 0.812. The summed E-state index contributed by atoms with van der Waals surface area (Å²) in [6, 6.07) is 0. The van der Waals surface area contributed by atoms with Crippen LogP contribution in [0.25, 0.3) is 0 Å². The lowest BCUT2D eigenvalue weighted by Gasteiger charge is -2.27. The first-order valence-corrected chi connectivity index (χ1v) is 5.42. The predicted octanol–water partition coefficient (Wildman–Crippen LogP) is 4.16. The van der Waals surface area contributed by atoms with Crippen molar-refractivity contribution in [3.8, 4) is 0 Å². The summed E-state index contributed by atoms with van der Waals surface area (Å²) in [5.41, 5.74) is 0. The average Bonchev–Trinajstić information content (AvgIpc) is 1.95. The second-order valence-electron chi connectivity index (χ2n) is 2.54. The topological polar surface area (TPSA) is 0 Å². The fourth-order valence-corrected chi connectivity index (χ4v) is 2.23. The molecule has 2 atom stereocenters. The molecule has 0 aromatic carbocycles. The minimum absolute atomic E-state index is 0.205. The number of alkyl halides is 2. The van der Waals surface area contributed by atoms with Crippen LogP contribution in [0.2, 0.25) is 0 Å². The third kappa shape index (κ3) is 2.03. The van der Waals surface area contributed by atoms with Crippen molar-refractivity contribution in [2.24, 2.45) is 0 Å².